The highest BCUT2D eigenvalue weighted by molar-refractivity contribution is 9.10. The zero-order valence-corrected chi connectivity index (χ0v) is 11.2. The van der Waals surface area contributed by atoms with Crippen molar-refractivity contribution < 1.29 is 13.6 Å². The number of benzene rings is 2. The van der Waals surface area contributed by atoms with Crippen molar-refractivity contribution in [3.05, 3.63) is 68.7 Å². The molecular weight excluding hydrogens is 325 g/mol. The van der Waals surface area contributed by atoms with Gasteiger partial charge < -0.3 is 0 Å². The van der Waals surface area contributed by atoms with Gasteiger partial charge in [0.25, 0.3) is 0 Å². The maximum absolute atomic E-state index is 13.5. The largest absolute Gasteiger partial charge is 0.288 e. The Morgan fingerprint density at radius 1 is 1.11 bits per heavy atom. The summed E-state index contributed by atoms with van der Waals surface area (Å²) in [6.07, 6.45) is 0. The molecule has 0 aromatic heterocycles. The third-order valence-electron chi connectivity index (χ3n) is 2.35. The van der Waals surface area contributed by atoms with Gasteiger partial charge in [-0.25, -0.2) is 8.78 Å². The van der Waals surface area contributed by atoms with Crippen molar-refractivity contribution in [3.63, 3.8) is 0 Å². The second-order valence-electron chi connectivity index (χ2n) is 3.58. The van der Waals surface area contributed by atoms with Gasteiger partial charge in [0.15, 0.2) is 5.78 Å². The maximum Gasteiger partial charge on any atom is 0.196 e. The molecule has 18 heavy (non-hydrogen) atoms. The predicted octanol–water partition coefficient (Wildman–Crippen LogP) is 4.61. The van der Waals surface area contributed by atoms with E-state index in [0.29, 0.717) is 9.50 Å². The van der Waals surface area contributed by atoms with Gasteiger partial charge in [-0.1, -0.05) is 11.6 Å². The van der Waals surface area contributed by atoms with Crippen molar-refractivity contribution in [1.29, 1.82) is 0 Å². The first-order chi connectivity index (χ1) is 8.49. The van der Waals surface area contributed by atoms with Gasteiger partial charge in [-0.15, -0.1) is 0 Å². The lowest BCUT2D eigenvalue weighted by Crippen LogP contribution is -2.05. The van der Waals surface area contributed by atoms with Gasteiger partial charge in [-0.3, -0.25) is 4.79 Å². The van der Waals surface area contributed by atoms with E-state index < -0.39 is 17.4 Å². The number of hydrogen-bond donors (Lipinski definition) is 0. The summed E-state index contributed by atoms with van der Waals surface area (Å²) in [5.41, 5.74) is -0.110. The summed E-state index contributed by atoms with van der Waals surface area (Å²) in [6.45, 7) is 0. The van der Waals surface area contributed by atoms with Crippen LogP contribution in [0, 0.1) is 11.6 Å². The molecule has 0 amide bonds. The quantitative estimate of drug-likeness (QED) is 0.734. The Kier molecular flexibility index (Phi) is 3.78. The lowest BCUT2D eigenvalue weighted by atomic mass is 10.0. The Labute approximate surface area is 116 Å². The van der Waals surface area contributed by atoms with Gasteiger partial charge in [0.1, 0.15) is 11.6 Å². The van der Waals surface area contributed by atoms with E-state index in [1.165, 1.54) is 12.1 Å². The van der Waals surface area contributed by atoms with Crippen LogP contribution < -0.4 is 0 Å². The van der Waals surface area contributed by atoms with E-state index in [2.05, 4.69) is 15.9 Å². The van der Waals surface area contributed by atoms with Crippen LogP contribution in [0.25, 0.3) is 0 Å². The molecular formula is C13H6BrClF2O. The van der Waals surface area contributed by atoms with E-state index >= 15 is 0 Å². The van der Waals surface area contributed by atoms with Crippen molar-refractivity contribution in [3.8, 4) is 0 Å². The number of ketones is 1. The normalized spacial score (nSPS) is 10.4. The first-order valence-electron chi connectivity index (χ1n) is 4.94. The number of halogens is 4. The molecule has 5 heteroatoms. The summed E-state index contributed by atoms with van der Waals surface area (Å²) < 4.78 is 27.1. The van der Waals surface area contributed by atoms with Crippen LogP contribution in [-0.2, 0) is 0 Å². The van der Waals surface area contributed by atoms with Crippen LogP contribution in [-0.4, -0.2) is 5.78 Å². The molecule has 0 N–H and O–H groups in total. The number of carbonyl (C=O) groups is 1. The van der Waals surface area contributed by atoms with E-state index in [-0.39, 0.29) is 11.1 Å². The third-order valence-corrected chi connectivity index (χ3v) is 3.59. The fourth-order valence-electron chi connectivity index (χ4n) is 1.46. The molecule has 92 valence electrons. The molecule has 0 saturated heterocycles. The minimum Gasteiger partial charge on any atom is -0.288 e. The Hall–Kier alpha value is -1.26. The molecule has 0 unspecified atom stereocenters. The molecule has 0 aliphatic rings. The van der Waals surface area contributed by atoms with Crippen molar-refractivity contribution >= 4 is 33.3 Å². The third kappa shape index (κ3) is 2.60. The van der Waals surface area contributed by atoms with Crippen LogP contribution in [0.3, 0.4) is 0 Å². The summed E-state index contributed by atoms with van der Waals surface area (Å²) in [5.74, 6) is -2.04. The number of hydrogen-bond acceptors (Lipinski definition) is 1. The van der Waals surface area contributed by atoms with Crippen molar-refractivity contribution in [2.45, 2.75) is 0 Å². The van der Waals surface area contributed by atoms with Crippen LogP contribution in [0.4, 0.5) is 8.78 Å². The van der Waals surface area contributed by atoms with Gasteiger partial charge in [-0.05, 0) is 52.3 Å². The predicted molar refractivity (Wildman–Crippen MR) is 68.9 cm³/mol. The zero-order valence-electron chi connectivity index (χ0n) is 8.88. The second-order valence-corrected chi connectivity index (χ2v) is 4.84. The Morgan fingerprint density at radius 3 is 2.50 bits per heavy atom. The highest BCUT2D eigenvalue weighted by Crippen LogP contribution is 2.25. The first-order valence-corrected chi connectivity index (χ1v) is 6.11. The van der Waals surface area contributed by atoms with Crippen LogP contribution in [0.1, 0.15) is 15.9 Å². The molecule has 0 bridgehead atoms. The van der Waals surface area contributed by atoms with Crippen molar-refractivity contribution in [2.75, 3.05) is 0 Å². The Morgan fingerprint density at radius 2 is 1.83 bits per heavy atom. The Balaban J connectivity index is 2.47. The minimum atomic E-state index is -0.763. The second kappa shape index (κ2) is 5.16. The van der Waals surface area contributed by atoms with Crippen molar-refractivity contribution in [2.24, 2.45) is 0 Å². The molecule has 2 aromatic carbocycles. The van der Waals surface area contributed by atoms with Crippen molar-refractivity contribution in [1.82, 2.24) is 0 Å². The Bertz CT molecular complexity index is 628. The fourth-order valence-corrected chi connectivity index (χ4v) is 1.89. The van der Waals surface area contributed by atoms with E-state index in [0.717, 1.165) is 18.2 Å². The van der Waals surface area contributed by atoms with Crippen LogP contribution >= 0.6 is 27.5 Å². The average molecular weight is 332 g/mol. The molecule has 0 aliphatic carbocycles. The standard InChI is InChI=1S/C13H6BrClF2O/c14-10-3-1-7(5-11(10)15)13(18)9-6-8(16)2-4-12(9)17/h1-6H. The highest BCUT2D eigenvalue weighted by atomic mass is 79.9. The van der Waals surface area contributed by atoms with Crippen LogP contribution in [0.2, 0.25) is 5.02 Å². The summed E-state index contributed by atoms with van der Waals surface area (Å²) in [4.78, 5) is 12.0. The van der Waals surface area contributed by atoms with E-state index in [1.807, 2.05) is 0 Å². The monoisotopic (exact) mass is 330 g/mol. The first kappa shape index (κ1) is 13.2. The summed E-state index contributed by atoms with van der Waals surface area (Å²) in [6, 6.07) is 7.21. The number of rotatable bonds is 2. The van der Waals surface area contributed by atoms with E-state index in [4.69, 9.17) is 11.6 Å². The lowest BCUT2D eigenvalue weighted by molar-refractivity contribution is 0.103. The highest BCUT2D eigenvalue weighted by Gasteiger charge is 2.15. The molecule has 2 aromatic rings. The topological polar surface area (TPSA) is 17.1 Å². The smallest absolute Gasteiger partial charge is 0.196 e. The fraction of sp³-hybridized carbons (Fsp3) is 0. The molecule has 0 radical (unpaired) electrons. The van der Waals surface area contributed by atoms with E-state index in [9.17, 15) is 13.6 Å². The molecule has 0 atom stereocenters. The molecule has 0 saturated carbocycles. The maximum atomic E-state index is 13.5. The van der Waals surface area contributed by atoms with Crippen LogP contribution in [0.15, 0.2) is 40.9 Å². The van der Waals surface area contributed by atoms with E-state index in [1.54, 1.807) is 6.07 Å². The van der Waals surface area contributed by atoms with Crippen LogP contribution in [0.5, 0.6) is 0 Å². The van der Waals surface area contributed by atoms with Gasteiger partial charge in [0.05, 0.1) is 10.6 Å². The minimum absolute atomic E-state index is 0.202. The summed E-state index contributed by atoms with van der Waals surface area (Å²) in [7, 11) is 0. The summed E-state index contributed by atoms with van der Waals surface area (Å²) >= 11 is 9.03. The molecule has 1 nitrogen and oxygen atoms in total. The molecule has 0 heterocycles. The molecule has 0 aliphatic heterocycles. The summed E-state index contributed by atoms with van der Waals surface area (Å²) in [5, 5.41) is 0.331. The van der Waals surface area contributed by atoms with Gasteiger partial charge in [0.2, 0.25) is 0 Å². The molecule has 0 fully saturated rings. The molecule has 2 rings (SSSR count). The van der Waals surface area contributed by atoms with Gasteiger partial charge >= 0.3 is 0 Å². The van der Waals surface area contributed by atoms with Gasteiger partial charge in [0, 0.05) is 10.0 Å². The number of carbonyl (C=O) groups excluding carboxylic acids is 1. The average Bonchev–Trinajstić information content (AvgIpc) is 2.35. The zero-order chi connectivity index (χ0) is 13.3. The SMILES string of the molecule is O=C(c1ccc(Br)c(Cl)c1)c1cc(F)ccc1F. The lowest BCUT2D eigenvalue weighted by Gasteiger charge is -2.04. The molecule has 0 spiro atoms. The van der Waals surface area contributed by atoms with Gasteiger partial charge in [-0.2, -0.15) is 0 Å².